The molecule has 23 nitrogen and oxygen atoms in total. The summed E-state index contributed by atoms with van der Waals surface area (Å²) in [6.07, 6.45) is -33.4. The summed E-state index contributed by atoms with van der Waals surface area (Å²) in [5.41, 5.74) is -1.39. The summed E-state index contributed by atoms with van der Waals surface area (Å²) < 4.78 is 39.0. The van der Waals surface area contributed by atoms with Crippen molar-refractivity contribution < 1.29 is 104 Å². The largest absolute Gasteiger partial charge is 0.394 e. The lowest BCUT2D eigenvalue weighted by Gasteiger charge is -2.49. The van der Waals surface area contributed by atoms with Crippen LogP contribution in [0.4, 0.5) is 5.69 Å². The molecule has 54 heavy (non-hydrogen) atoms. The summed E-state index contributed by atoms with van der Waals surface area (Å²) in [5, 5.41) is 147. The highest BCUT2D eigenvalue weighted by molar-refractivity contribution is 7.99. The van der Waals surface area contributed by atoms with Crippen LogP contribution in [-0.4, -0.2) is 220 Å². The standard InChI is InChI=1S/C30H45NO22S/c32-5-11-15(36)16(37)20(41)27(47-11)51-24-12(6-33)48-28(21(42)17(24)38)52-25-13(7-34)49-29(22(43)18(25)39)53-26-14(8-35)50-30(23(44)19(26)40)54-10-3-1-9(2-4-10)31(45)46/h1-4,11-30,32-44H,5-8H2/t11-,12-,13-,14-,15-,16+,17-,18-,19-,20-,21-,22-,23-,24-,25-,26-,27-,28-,29-,30+/m1/s1. The number of nitro benzene ring substituents is 1. The third-order valence-corrected chi connectivity index (χ3v) is 10.7. The Morgan fingerprint density at radius 1 is 0.519 bits per heavy atom. The average molecular weight is 804 g/mol. The van der Waals surface area contributed by atoms with E-state index in [1.807, 2.05) is 0 Å². The normalized spacial score (nSPS) is 45.9. The molecule has 20 atom stereocenters. The van der Waals surface area contributed by atoms with Gasteiger partial charge in [0.2, 0.25) is 0 Å². The minimum Gasteiger partial charge on any atom is -0.394 e. The topological polar surface area (TPSA) is 371 Å². The van der Waals surface area contributed by atoms with Gasteiger partial charge in [-0.25, -0.2) is 0 Å². The van der Waals surface area contributed by atoms with Crippen LogP contribution in [0.15, 0.2) is 29.2 Å². The van der Waals surface area contributed by atoms with Crippen molar-refractivity contribution in [3.8, 4) is 0 Å². The Labute approximate surface area is 309 Å². The number of nitro groups is 1. The molecular formula is C30H45NO22S. The molecule has 13 N–H and O–H groups in total. The highest BCUT2D eigenvalue weighted by Crippen LogP contribution is 2.37. The van der Waals surface area contributed by atoms with E-state index in [9.17, 15) is 76.5 Å². The summed E-state index contributed by atoms with van der Waals surface area (Å²) in [4.78, 5) is 10.8. The fourth-order valence-corrected chi connectivity index (χ4v) is 7.47. The number of hydrogen-bond acceptors (Lipinski definition) is 23. The predicted molar refractivity (Wildman–Crippen MR) is 171 cm³/mol. The second-order valence-corrected chi connectivity index (χ2v) is 14.2. The predicted octanol–water partition coefficient (Wildman–Crippen LogP) is -7.04. The summed E-state index contributed by atoms with van der Waals surface area (Å²) in [5.74, 6) is 0. The summed E-state index contributed by atoms with van der Waals surface area (Å²) in [6, 6.07) is 5.22. The minimum atomic E-state index is -2.04. The summed E-state index contributed by atoms with van der Waals surface area (Å²) in [7, 11) is 0. The highest BCUT2D eigenvalue weighted by Gasteiger charge is 2.55. The maximum atomic E-state index is 11.1. The quantitative estimate of drug-likeness (QED) is 0.0651. The second kappa shape index (κ2) is 18.6. The number of ether oxygens (including phenoxy) is 7. The first-order chi connectivity index (χ1) is 25.6. The lowest BCUT2D eigenvalue weighted by Crippen LogP contribution is -2.67. The Morgan fingerprint density at radius 2 is 0.889 bits per heavy atom. The van der Waals surface area contributed by atoms with E-state index in [1.54, 1.807) is 0 Å². The van der Waals surface area contributed by atoms with Gasteiger partial charge in [-0.05, 0) is 12.1 Å². The van der Waals surface area contributed by atoms with Crippen molar-refractivity contribution in [1.82, 2.24) is 0 Å². The van der Waals surface area contributed by atoms with Crippen molar-refractivity contribution in [1.29, 1.82) is 0 Å². The van der Waals surface area contributed by atoms with Gasteiger partial charge in [0.05, 0.1) is 31.4 Å². The molecule has 4 heterocycles. The van der Waals surface area contributed by atoms with Crippen LogP contribution in [0.2, 0.25) is 0 Å². The molecule has 24 heteroatoms. The molecular weight excluding hydrogens is 758 g/mol. The number of thioether (sulfide) groups is 1. The maximum absolute atomic E-state index is 11.1. The van der Waals surface area contributed by atoms with E-state index in [0.29, 0.717) is 4.90 Å². The number of rotatable bonds is 13. The number of nitrogens with zero attached hydrogens (tertiary/aromatic N) is 1. The van der Waals surface area contributed by atoms with E-state index in [4.69, 9.17) is 33.2 Å². The Balaban J connectivity index is 1.22. The van der Waals surface area contributed by atoms with Crippen molar-refractivity contribution in [2.45, 2.75) is 127 Å². The first-order valence-electron chi connectivity index (χ1n) is 16.7. The number of hydrogen-bond donors (Lipinski definition) is 13. The van der Waals surface area contributed by atoms with Gasteiger partial charge >= 0.3 is 0 Å². The SMILES string of the molecule is O=[N+]([O-])c1ccc(S[C@@H]2O[C@H](CO)[C@@H](O[C@H]3O[C@H](CO)[C@@H](O[C@H]4O[C@H](CO)[C@@H](O[C@H]5O[C@H](CO)[C@@H](O)[C@H](O)[C@H]5O)[C@H](O)[C@H]4O)[C@H](O)[C@H]3O)[C@H](O)[C@H]2O)cc1. The minimum absolute atomic E-state index is 0.184. The molecule has 0 radical (unpaired) electrons. The van der Waals surface area contributed by atoms with Gasteiger partial charge < -0.3 is 99.5 Å². The third kappa shape index (κ3) is 8.99. The van der Waals surface area contributed by atoms with E-state index >= 15 is 0 Å². The number of aliphatic hydroxyl groups is 13. The number of aliphatic hydroxyl groups excluding tert-OH is 13. The van der Waals surface area contributed by atoms with E-state index in [1.165, 1.54) is 24.3 Å². The summed E-state index contributed by atoms with van der Waals surface area (Å²) in [6.45, 7) is -3.40. The van der Waals surface area contributed by atoms with Crippen LogP contribution in [0.3, 0.4) is 0 Å². The maximum Gasteiger partial charge on any atom is 0.269 e. The molecule has 4 fully saturated rings. The Bertz CT molecular complexity index is 1340. The molecule has 4 aliphatic rings. The zero-order valence-corrected chi connectivity index (χ0v) is 28.8. The Kier molecular flexibility index (Phi) is 14.9. The van der Waals surface area contributed by atoms with E-state index < -0.39 is 153 Å². The van der Waals surface area contributed by atoms with E-state index in [2.05, 4.69) is 0 Å². The number of non-ortho nitro benzene ring substituents is 1. The highest BCUT2D eigenvalue weighted by atomic mass is 32.2. The molecule has 0 amide bonds. The molecule has 0 spiro atoms. The molecule has 0 saturated carbocycles. The Morgan fingerprint density at radius 3 is 1.30 bits per heavy atom. The second-order valence-electron chi connectivity index (χ2n) is 13.0. The Hall–Kier alpha value is -1.83. The lowest BCUT2D eigenvalue weighted by molar-refractivity contribution is -0.384. The van der Waals surface area contributed by atoms with Crippen LogP contribution in [0.5, 0.6) is 0 Å². The molecule has 1 aromatic rings. The molecule has 308 valence electrons. The van der Waals surface area contributed by atoms with Crippen LogP contribution < -0.4 is 0 Å². The molecule has 4 aliphatic heterocycles. The van der Waals surface area contributed by atoms with E-state index in [-0.39, 0.29) is 5.69 Å². The first kappa shape index (κ1) is 43.3. The fraction of sp³-hybridized carbons (Fsp3) is 0.800. The third-order valence-electron chi connectivity index (χ3n) is 9.48. The zero-order valence-electron chi connectivity index (χ0n) is 28.0. The van der Waals surface area contributed by atoms with Crippen molar-refractivity contribution in [2.24, 2.45) is 0 Å². The van der Waals surface area contributed by atoms with Gasteiger partial charge in [-0.15, -0.1) is 0 Å². The van der Waals surface area contributed by atoms with Crippen LogP contribution in [0, 0.1) is 10.1 Å². The zero-order chi connectivity index (χ0) is 39.6. The monoisotopic (exact) mass is 803 g/mol. The lowest BCUT2D eigenvalue weighted by atomic mass is 9.95. The molecule has 0 aromatic heterocycles. The summed E-state index contributed by atoms with van der Waals surface area (Å²) >= 11 is 0.887. The van der Waals surface area contributed by atoms with Gasteiger partial charge in [0, 0.05) is 17.0 Å². The first-order valence-corrected chi connectivity index (χ1v) is 17.6. The molecule has 0 unspecified atom stereocenters. The molecule has 1 aromatic carbocycles. The van der Waals surface area contributed by atoms with Crippen LogP contribution in [-0.2, 0) is 33.2 Å². The number of benzene rings is 1. The van der Waals surface area contributed by atoms with Crippen LogP contribution >= 0.6 is 11.8 Å². The van der Waals surface area contributed by atoms with Gasteiger partial charge in [-0.2, -0.15) is 0 Å². The average Bonchev–Trinajstić information content (AvgIpc) is 3.16. The van der Waals surface area contributed by atoms with Gasteiger partial charge in [0.15, 0.2) is 18.9 Å². The van der Waals surface area contributed by atoms with Gasteiger partial charge in [-0.1, -0.05) is 11.8 Å². The van der Waals surface area contributed by atoms with Crippen molar-refractivity contribution in [2.75, 3.05) is 26.4 Å². The van der Waals surface area contributed by atoms with Gasteiger partial charge in [0.25, 0.3) is 5.69 Å². The van der Waals surface area contributed by atoms with Crippen LogP contribution in [0.25, 0.3) is 0 Å². The van der Waals surface area contributed by atoms with Crippen molar-refractivity contribution in [3.05, 3.63) is 34.4 Å². The molecule has 0 aliphatic carbocycles. The molecule has 0 bridgehead atoms. The van der Waals surface area contributed by atoms with Crippen molar-refractivity contribution in [3.63, 3.8) is 0 Å². The fourth-order valence-electron chi connectivity index (χ4n) is 6.41. The van der Waals surface area contributed by atoms with Gasteiger partial charge in [-0.3, -0.25) is 10.1 Å². The molecule has 4 saturated heterocycles. The van der Waals surface area contributed by atoms with Crippen molar-refractivity contribution >= 4 is 17.4 Å². The smallest absolute Gasteiger partial charge is 0.269 e. The van der Waals surface area contributed by atoms with E-state index in [0.717, 1.165) is 11.8 Å². The van der Waals surface area contributed by atoms with Crippen LogP contribution in [0.1, 0.15) is 0 Å². The van der Waals surface area contributed by atoms with Gasteiger partial charge in [0.1, 0.15) is 103 Å². The molecule has 5 rings (SSSR count).